The lowest BCUT2D eigenvalue weighted by Crippen LogP contribution is -2.58. The number of halogens is 1. The first kappa shape index (κ1) is 17.0. The van der Waals surface area contributed by atoms with E-state index in [4.69, 9.17) is 15.7 Å². The minimum absolute atomic E-state index is 0.157. The molecule has 2 N–H and O–H groups in total. The zero-order valence-corrected chi connectivity index (χ0v) is 14.8. The summed E-state index contributed by atoms with van der Waals surface area (Å²) in [6.45, 7) is 0.534. The van der Waals surface area contributed by atoms with Crippen LogP contribution in [0.15, 0.2) is 47.7 Å². The van der Waals surface area contributed by atoms with Crippen molar-refractivity contribution in [3.8, 4) is 17.2 Å². The maximum atomic E-state index is 15.9. The van der Waals surface area contributed by atoms with Crippen LogP contribution in [0.3, 0.4) is 0 Å². The summed E-state index contributed by atoms with van der Waals surface area (Å²) in [4.78, 5) is 8.64. The van der Waals surface area contributed by atoms with Gasteiger partial charge >= 0.3 is 0 Å². The Morgan fingerprint density at radius 1 is 1.27 bits per heavy atom. The van der Waals surface area contributed by atoms with E-state index in [-0.39, 0.29) is 18.8 Å². The van der Waals surface area contributed by atoms with Crippen molar-refractivity contribution >= 4 is 16.9 Å². The summed E-state index contributed by atoms with van der Waals surface area (Å²) < 4.78 is 21.5. The van der Waals surface area contributed by atoms with E-state index in [1.54, 1.807) is 12.3 Å². The SMILES string of the molecule is N#Cc1cncc(-c2cccc([C@]34COCC[C@@]3(F)CSC(N)=N4)c2)c1. The van der Waals surface area contributed by atoms with Gasteiger partial charge in [0, 0.05) is 36.7 Å². The second-order valence-electron chi connectivity index (χ2n) is 6.52. The van der Waals surface area contributed by atoms with Gasteiger partial charge in [-0.3, -0.25) is 4.98 Å². The standard InChI is InChI=1S/C19H17FN4OS/c20-18-4-5-25-11-19(18,24-17(22)26-12-18)16-3-1-2-14(7-16)15-6-13(8-21)9-23-10-15/h1-3,6-7,9-10H,4-5,11-12H2,(H2,22,24)/t18-,19-/m1/s1. The van der Waals surface area contributed by atoms with E-state index in [9.17, 15) is 0 Å². The van der Waals surface area contributed by atoms with Crippen LogP contribution in [0.25, 0.3) is 11.1 Å². The topological polar surface area (TPSA) is 84.3 Å². The third kappa shape index (κ3) is 2.66. The van der Waals surface area contributed by atoms with Crippen LogP contribution in [0.1, 0.15) is 17.5 Å². The van der Waals surface area contributed by atoms with Gasteiger partial charge in [-0.2, -0.15) is 5.26 Å². The number of hydrogen-bond donors (Lipinski definition) is 1. The Balaban J connectivity index is 1.84. The molecule has 2 aromatic rings. The van der Waals surface area contributed by atoms with Crippen LogP contribution >= 0.6 is 11.8 Å². The van der Waals surface area contributed by atoms with E-state index < -0.39 is 11.2 Å². The fraction of sp³-hybridized carbons (Fsp3) is 0.316. The smallest absolute Gasteiger partial charge is 0.155 e. The average Bonchev–Trinajstić information content (AvgIpc) is 2.68. The number of alkyl halides is 1. The average molecular weight is 368 g/mol. The van der Waals surface area contributed by atoms with Crippen molar-refractivity contribution in [2.75, 3.05) is 19.0 Å². The Morgan fingerprint density at radius 3 is 3.00 bits per heavy atom. The van der Waals surface area contributed by atoms with Gasteiger partial charge in [0.15, 0.2) is 10.8 Å². The summed E-state index contributed by atoms with van der Waals surface area (Å²) in [6.07, 6.45) is 3.48. The quantitative estimate of drug-likeness (QED) is 0.881. The molecule has 0 aliphatic carbocycles. The first-order chi connectivity index (χ1) is 12.6. The molecule has 1 aromatic carbocycles. The Hall–Kier alpha value is -2.43. The lowest BCUT2D eigenvalue weighted by molar-refractivity contribution is -0.0692. The van der Waals surface area contributed by atoms with Crippen molar-refractivity contribution in [2.45, 2.75) is 17.6 Å². The van der Waals surface area contributed by atoms with E-state index in [1.165, 1.54) is 18.0 Å². The molecular weight excluding hydrogens is 351 g/mol. The van der Waals surface area contributed by atoms with Gasteiger partial charge in [-0.15, -0.1) is 0 Å². The molecule has 2 atom stereocenters. The second kappa shape index (κ2) is 6.38. The molecule has 0 spiro atoms. The Morgan fingerprint density at radius 2 is 2.15 bits per heavy atom. The van der Waals surface area contributed by atoms with Crippen LogP contribution in [0, 0.1) is 11.3 Å². The maximum absolute atomic E-state index is 15.9. The van der Waals surface area contributed by atoms with Crippen LogP contribution in [-0.2, 0) is 10.3 Å². The second-order valence-corrected chi connectivity index (χ2v) is 7.52. The van der Waals surface area contributed by atoms with Crippen molar-refractivity contribution < 1.29 is 9.13 Å². The lowest BCUT2D eigenvalue weighted by Gasteiger charge is -2.48. The van der Waals surface area contributed by atoms with Crippen molar-refractivity contribution in [3.05, 3.63) is 53.9 Å². The molecule has 26 heavy (non-hydrogen) atoms. The number of ether oxygens (including phenoxy) is 1. The van der Waals surface area contributed by atoms with Gasteiger partial charge in [0.25, 0.3) is 0 Å². The maximum Gasteiger partial charge on any atom is 0.155 e. The van der Waals surface area contributed by atoms with E-state index in [0.717, 1.165) is 16.7 Å². The Labute approximate surface area is 155 Å². The molecule has 2 aliphatic rings. The molecule has 0 amide bonds. The predicted octanol–water partition coefficient (Wildman–Crippen LogP) is 3.01. The van der Waals surface area contributed by atoms with Crippen LogP contribution in [0.5, 0.6) is 0 Å². The number of rotatable bonds is 2. The molecule has 0 radical (unpaired) electrons. The van der Waals surface area contributed by atoms with Gasteiger partial charge in [-0.1, -0.05) is 30.0 Å². The molecule has 0 bridgehead atoms. The number of nitrogens with two attached hydrogens (primary N) is 1. The van der Waals surface area contributed by atoms with Crippen molar-refractivity contribution in [3.63, 3.8) is 0 Å². The van der Waals surface area contributed by atoms with Gasteiger partial charge < -0.3 is 10.5 Å². The van der Waals surface area contributed by atoms with Gasteiger partial charge in [-0.25, -0.2) is 9.38 Å². The van der Waals surface area contributed by atoms with Crippen LogP contribution in [0.2, 0.25) is 0 Å². The number of nitriles is 1. The van der Waals surface area contributed by atoms with Crippen molar-refractivity contribution in [1.82, 2.24) is 4.98 Å². The molecule has 3 heterocycles. The largest absolute Gasteiger partial charge is 0.379 e. The summed E-state index contributed by atoms with van der Waals surface area (Å²) in [6, 6.07) is 11.4. The minimum Gasteiger partial charge on any atom is -0.379 e. The molecule has 4 rings (SSSR count). The van der Waals surface area contributed by atoms with Gasteiger partial charge in [0.2, 0.25) is 0 Å². The highest BCUT2D eigenvalue weighted by Gasteiger charge is 2.58. The summed E-state index contributed by atoms with van der Waals surface area (Å²) in [7, 11) is 0. The Kier molecular flexibility index (Phi) is 4.17. The summed E-state index contributed by atoms with van der Waals surface area (Å²) in [5.74, 6) is 0.265. The predicted molar refractivity (Wildman–Crippen MR) is 99.4 cm³/mol. The molecule has 132 valence electrons. The number of aliphatic imine (C=N–C) groups is 1. The first-order valence-corrected chi connectivity index (χ1v) is 9.26. The van der Waals surface area contributed by atoms with Gasteiger partial charge in [0.05, 0.1) is 12.2 Å². The third-order valence-corrected chi connectivity index (χ3v) is 5.97. The lowest BCUT2D eigenvalue weighted by atomic mass is 9.74. The number of pyridine rings is 1. The molecule has 2 aliphatic heterocycles. The number of hydrogen-bond acceptors (Lipinski definition) is 6. The Bertz CT molecular complexity index is 928. The molecule has 1 aromatic heterocycles. The van der Waals surface area contributed by atoms with Gasteiger partial charge in [-0.05, 0) is 23.3 Å². The molecule has 0 unspecified atom stereocenters. The number of thioether (sulfide) groups is 1. The molecule has 1 saturated heterocycles. The first-order valence-electron chi connectivity index (χ1n) is 8.27. The zero-order chi connectivity index (χ0) is 18.2. The van der Waals surface area contributed by atoms with E-state index in [2.05, 4.69) is 16.0 Å². The van der Waals surface area contributed by atoms with E-state index >= 15 is 4.39 Å². The number of amidine groups is 1. The molecule has 5 nitrogen and oxygen atoms in total. The monoisotopic (exact) mass is 368 g/mol. The van der Waals surface area contributed by atoms with Crippen LogP contribution in [0.4, 0.5) is 4.39 Å². The highest BCUT2D eigenvalue weighted by molar-refractivity contribution is 8.13. The highest BCUT2D eigenvalue weighted by Crippen LogP contribution is 2.50. The van der Waals surface area contributed by atoms with E-state index in [0.29, 0.717) is 17.3 Å². The molecule has 1 fully saturated rings. The summed E-state index contributed by atoms with van der Waals surface area (Å²) in [5, 5.41) is 9.47. The molecule has 7 heteroatoms. The normalized spacial score (nSPS) is 27.9. The zero-order valence-electron chi connectivity index (χ0n) is 14.0. The fourth-order valence-corrected chi connectivity index (χ4v) is 4.52. The van der Waals surface area contributed by atoms with Crippen LogP contribution in [-0.4, -0.2) is 34.8 Å². The van der Waals surface area contributed by atoms with Crippen molar-refractivity contribution in [2.24, 2.45) is 10.7 Å². The summed E-state index contributed by atoms with van der Waals surface area (Å²) >= 11 is 1.25. The minimum atomic E-state index is -1.51. The number of fused-ring (bicyclic) bond motifs is 1. The van der Waals surface area contributed by atoms with Gasteiger partial charge in [0.1, 0.15) is 11.6 Å². The number of benzene rings is 1. The fourth-order valence-electron chi connectivity index (χ4n) is 3.54. The summed E-state index contributed by atoms with van der Waals surface area (Å²) in [5.41, 5.74) is 6.15. The highest BCUT2D eigenvalue weighted by atomic mass is 32.2. The van der Waals surface area contributed by atoms with Crippen LogP contribution < -0.4 is 5.73 Å². The number of aromatic nitrogens is 1. The van der Waals surface area contributed by atoms with Crippen molar-refractivity contribution in [1.29, 1.82) is 5.26 Å². The van der Waals surface area contributed by atoms with E-state index in [1.807, 2.05) is 24.3 Å². The number of nitrogens with zero attached hydrogens (tertiary/aromatic N) is 3. The third-order valence-electron chi connectivity index (χ3n) is 4.99. The molecular formula is C19H17FN4OS. The molecule has 0 saturated carbocycles.